The molecule has 1 saturated carbocycles. The van der Waals surface area contributed by atoms with E-state index < -0.39 is 5.54 Å². The molecule has 0 radical (unpaired) electrons. The molecule has 0 saturated heterocycles. The molecule has 7 heteroatoms. The van der Waals surface area contributed by atoms with Gasteiger partial charge in [-0.2, -0.15) is 0 Å². The van der Waals surface area contributed by atoms with Crippen LogP contribution in [0.4, 0.5) is 11.4 Å². The summed E-state index contributed by atoms with van der Waals surface area (Å²) in [7, 11) is 1.51. The summed E-state index contributed by atoms with van der Waals surface area (Å²) in [5, 5.41) is 5.73. The molecule has 1 aliphatic carbocycles. The zero-order valence-electron chi connectivity index (χ0n) is 16.2. The Hall–Kier alpha value is -2.93. The number of carbonyl (C=O) groups is 2. The van der Waals surface area contributed by atoms with Gasteiger partial charge >= 0.3 is 0 Å². The van der Waals surface area contributed by atoms with Gasteiger partial charge in [0.15, 0.2) is 0 Å². The van der Waals surface area contributed by atoms with Crippen LogP contribution in [0.1, 0.15) is 43.0 Å². The van der Waals surface area contributed by atoms with Crippen molar-refractivity contribution in [2.24, 2.45) is 11.7 Å². The maximum atomic E-state index is 12.7. The van der Waals surface area contributed by atoms with Crippen LogP contribution < -0.4 is 21.1 Å². The predicted octanol–water partition coefficient (Wildman–Crippen LogP) is 3.19. The Bertz CT molecular complexity index is 852. The van der Waals surface area contributed by atoms with Crippen molar-refractivity contribution in [3.8, 4) is 5.75 Å². The predicted molar refractivity (Wildman–Crippen MR) is 108 cm³/mol. The number of carbonyl (C=O) groups excluding carboxylic acids is 2. The number of anilines is 2. The zero-order valence-corrected chi connectivity index (χ0v) is 16.2. The van der Waals surface area contributed by atoms with Crippen molar-refractivity contribution in [2.75, 3.05) is 17.7 Å². The standard InChI is InChI=1S/C21H26N4O3/c1-21(22)10-4-3-7-16(21)20(27)24-15-8-9-17(18(12-15)28-2)25-19(26)14-6-5-11-23-13-14/h5-6,8-9,11-13,16H,3-4,7,10,22H2,1-2H3,(H,24,27)(H,25,26). The number of amides is 2. The summed E-state index contributed by atoms with van der Waals surface area (Å²) >= 11 is 0. The minimum atomic E-state index is -0.496. The summed E-state index contributed by atoms with van der Waals surface area (Å²) in [5.74, 6) is -0.144. The molecule has 1 aliphatic rings. The molecular weight excluding hydrogens is 356 g/mol. The monoisotopic (exact) mass is 382 g/mol. The van der Waals surface area contributed by atoms with Crippen LogP contribution in [0.15, 0.2) is 42.7 Å². The molecule has 1 aromatic heterocycles. The van der Waals surface area contributed by atoms with Crippen LogP contribution in [0.3, 0.4) is 0 Å². The van der Waals surface area contributed by atoms with Gasteiger partial charge in [-0.05, 0) is 44.0 Å². The van der Waals surface area contributed by atoms with Crippen LogP contribution in [0, 0.1) is 5.92 Å². The lowest BCUT2D eigenvalue weighted by atomic mass is 9.74. The van der Waals surface area contributed by atoms with Crippen LogP contribution in [-0.2, 0) is 4.79 Å². The molecule has 1 fully saturated rings. The van der Waals surface area contributed by atoms with E-state index in [0.29, 0.717) is 22.7 Å². The second kappa shape index (κ2) is 8.39. The fourth-order valence-corrected chi connectivity index (χ4v) is 3.58. The Kier molecular flexibility index (Phi) is 5.94. The minimum absolute atomic E-state index is 0.0844. The number of benzene rings is 1. The van der Waals surface area contributed by atoms with Gasteiger partial charge in [-0.3, -0.25) is 14.6 Å². The summed E-state index contributed by atoms with van der Waals surface area (Å²) in [6.45, 7) is 1.94. The number of nitrogens with one attached hydrogen (secondary N) is 2. The highest BCUT2D eigenvalue weighted by Crippen LogP contribution is 2.33. The maximum absolute atomic E-state index is 12.7. The molecule has 2 amide bonds. The van der Waals surface area contributed by atoms with Gasteiger partial charge in [0, 0.05) is 29.7 Å². The molecule has 148 valence electrons. The average molecular weight is 382 g/mol. The normalized spacial score (nSPS) is 21.6. The largest absolute Gasteiger partial charge is 0.494 e. The third-order valence-corrected chi connectivity index (χ3v) is 5.21. The lowest BCUT2D eigenvalue weighted by Gasteiger charge is -2.37. The van der Waals surface area contributed by atoms with Gasteiger partial charge in [0.1, 0.15) is 5.75 Å². The molecule has 1 aromatic carbocycles. The number of hydrogen-bond acceptors (Lipinski definition) is 5. The Morgan fingerprint density at radius 2 is 2.07 bits per heavy atom. The van der Waals surface area contributed by atoms with Crippen molar-refractivity contribution >= 4 is 23.2 Å². The first-order chi connectivity index (χ1) is 13.4. The van der Waals surface area contributed by atoms with Crippen LogP contribution >= 0.6 is 0 Å². The first-order valence-electron chi connectivity index (χ1n) is 9.40. The van der Waals surface area contributed by atoms with E-state index in [2.05, 4.69) is 15.6 Å². The summed E-state index contributed by atoms with van der Waals surface area (Å²) < 4.78 is 5.38. The SMILES string of the molecule is COc1cc(NC(=O)C2CCCCC2(C)N)ccc1NC(=O)c1cccnc1. The lowest BCUT2D eigenvalue weighted by molar-refractivity contribution is -0.122. The maximum Gasteiger partial charge on any atom is 0.257 e. The molecule has 0 spiro atoms. The molecule has 4 N–H and O–H groups in total. The number of hydrogen-bond donors (Lipinski definition) is 3. The number of aromatic nitrogens is 1. The van der Waals surface area contributed by atoms with Crippen molar-refractivity contribution < 1.29 is 14.3 Å². The molecule has 1 heterocycles. The molecule has 2 atom stereocenters. The number of nitrogens with zero attached hydrogens (tertiary/aromatic N) is 1. The summed E-state index contributed by atoms with van der Waals surface area (Å²) in [6, 6.07) is 8.49. The first-order valence-corrected chi connectivity index (χ1v) is 9.40. The van der Waals surface area contributed by atoms with Crippen molar-refractivity contribution in [3.05, 3.63) is 48.3 Å². The van der Waals surface area contributed by atoms with Crippen molar-refractivity contribution in [1.29, 1.82) is 0 Å². The van der Waals surface area contributed by atoms with Gasteiger partial charge in [0.2, 0.25) is 5.91 Å². The van der Waals surface area contributed by atoms with Gasteiger partial charge in [-0.15, -0.1) is 0 Å². The third kappa shape index (κ3) is 4.48. The summed E-state index contributed by atoms with van der Waals surface area (Å²) in [4.78, 5) is 29.0. The van der Waals surface area contributed by atoms with Crippen molar-refractivity contribution in [3.63, 3.8) is 0 Å². The Balaban J connectivity index is 1.72. The van der Waals surface area contributed by atoms with Crippen LogP contribution in [-0.4, -0.2) is 29.4 Å². The van der Waals surface area contributed by atoms with Gasteiger partial charge in [-0.1, -0.05) is 12.8 Å². The lowest BCUT2D eigenvalue weighted by Crippen LogP contribution is -2.51. The smallest absolute Gasteiger partial charge is 0.257 e. The average Bonchev–Trinajstić information content (AvgIpc) is 2.69. The highest BCUT2D eigenvalue weighted by atomic mass is 16.5. The zero-order chi connectivity index (χ0) is 20.1. The second-order valence-corrected chi connectivity index (χ2v) is 7.40. The Morgan fingerprint density at radius 3 is 2.75 bits per heavy atom. The topological polar surface area (TPSA) is 106 Å². The van der Waals surface area contributed by atoms with Crippen LogP contribution in [0.25, 0.3) is 0 Å². The molecule has 28 heavy (non-hydrogen) atoms. The van der Waals surface area contributed by atoms with Crippen molar-refractivity contribution in [1.82, 2.24) is 4.98 Å². The van der Waals surface area contributed by atoms with Crippen LogP contribution in [0.5, 0.6) is 5.75 Å². The van der Waals surface area contributed by atoms with E-state index in [0.717, 1.165) is 25.7 Å². The fourth-order valence-electron chi connectivity index (χ4n) is 3.58. The highest BCUT2D eigenvalue weighted by Gasteiger charge is 2.37. The molecule has 7 nitrogen and oxygen atoms in total. The first kappa shape index (κ1) is 19.8. The quantitative estimate of drug-likeness (QED) is 0.736. The van der Waals surface area contributed by atoms with E-state index in [1.165, 1.54) is 13.3 Å². The van der Waals surface area contributed by atoms with Gasteiger partial charge < -0.3 is 21.1 Å². The highest BCUT2D eigenvalue weighted by molar-refractivity contribution is 6.05. The molecule has 2 aromatic rings. The van der Waals surface area contributed by atoms with E-state index >= 15 is 0 Å². The number of nitrogens with two attached hydrogens (primary N) is 1. The second-order valence-electron chi connectivity index (χ2n) is 7.40. The molecule has 2 unspecified atom stereocenters. The van der Waals surface area contributed by atoms with E-state index in [1.54, 1.807) is 36.5 Å². The number of rotatable bonds is 5. The van der Waals surface area contributed by atoms with E-state index in [4.69, 9.17) is 10.5 Å². The molecular formula is C21H26N4O3. The third-order valence-electron chi connectivity index (χ3n) is 5.21. The fraction of sp³-hybridized carbons (Fsp3) is 0.381. The Labute approximate surface area is 164 Å². The summed E-state index contributed by atoms with van der Waals surface area (Å²) in [6.07, 6.45) is 6.78. The van der Waals surface area contributed by atoms with E-state index in [9.17, 15) is 9.59 Å². The number of pyridine rings is 1. The van der Waals surface area contributed by atoms with Gasteiger partial charge in [0.05, 0.1) is 24.3 Å². The van der Waals surface area contributed by atoms with E-state index in [-0.39, 0.29) is 17.7 Å². The summed E-state index contributed by atoms with van der Waals surface area (Å²) in [5.41, 5.74) is 7.39. The molecule has 3 rings (SSSR count). The molecule has 0 aliphatic heterocycles. The van der Waals surface area contributed by atoms with Crippen molar-refractivity contribution in [2.45, 2.75) is 38.1 Å². The Morgan fingerprint density at radius 1 is 1.25 bits per heavy atom. The van der Waals surface area contributed by atoms with Crippen LogP contribution in [0.2, 0.25) is 0 Å². The van der Waals surface area contributed by atoms with E-state index in [1.807, 2.05) is 6.92 Å². The van der Waals surface area contributed by atoms with Gasteiger partial charge in [-0.25, -0.2) is 0 Å². The molecule has 0 bridgehead atoms. The number of methoxy groups -OCH3 is 1. The van der Waals surface area contributed by atoms with Gasteiger partial charge in [0.25, 0.3) is 5.91 Å². The number of ether oxygens (including phenoxy) is 1. The minimum Gasteiger partial charge on any atom is -0.494 e.